The van der Waals surface area contributed by atoms with E-state index in [1.807, 2.05) is 6.92 Å². The Bertz CT molecular complexity index is 797. The van der Waals surface area contributed by atoms with Gasteiger partial charge in [-0.1, -0.05) is 18.5 Å². The van der Waals surface area contributed by atoms with Crippen LogP contribution in [0.2, 0.25) is 5.02 Å². The van der Waals surface area contributed by atoms with Crippen molar-refractivity contribution in [3.63, 3.8) is 0 Å². The molecule has 1 saturated heterocycles. The molecule has 5 nitrogen and oxygen atoms in total. The fraction of sp³-hybridized carbons (Fsp3) is 0.333. The van der Waals surface area contributed by atoms with Crippen LogP contribution in [0.3, 0.4) is 0 Å². The van der Waals surface area contributed by atoms with Gasteiger partial charge in [-0.15, -0.1) is 0 Å². The zero-order valence-corrected chi connectivity index (χ0v) is 14.6. The first-order valence-electron chi connectivity index (χ1n) is 8.12. The van der Waals surface area contributed by atoms with Crippen molar-refractivity contribution >= 4 is 23.4 Å². The van der Waals surface area contributed by atoms with Crippen molar-refractivity contribution in [1.29, 1.82) is 0 Å². The average Bonchev–Trinajstić information content (AvgIpc) is 3.12. The molecule has 132 valence electrons. The van der Waals surface area contributed by atoms with Gasteiger partial charge < -0.3 is 14.2 Å². The van der Waals surface area contributed by atoms with Crippen molar-refractivity contribution in [3.8, 4) is 0 Å². The summed E-state index contributed by atoms with van der Waals surface area (Å²) < 4.78 is 19.3. The Morgan fingerprint density at radius 3 is 2.32 bits per heavy atom. The summed E-state index contributed by atoms with van der Waals surface area (Å²) in [6, 6.07) is 7.36. The van der Waals surface area contributed by atoms with E-state index in [0.29, 0.717) is 37.0 Å². The van der Waals surface area contributed by atoms with Crippen LogP contribution in [0, 0.1) is 5.82 Å². The summed E-state index contributed by atoms with van der Waals surface area (Å²) in [5.41, 5.74) is -0.0501. The van der Waals surface area contributed by atoms with Crippen LogP contribution in [0.1, 0.15) is 33.6 Å². The lowest BCUT2D eigenvalue weighted by molar-refractivity contribution is 0.0515. The highest BCUT2D eigenvalue weighted by atomic mass is 35.5. The number of benzene rings is 1. The third kappa shape index (κ3) is 3.69. The molecule has 25 heavy (non-hydrogen) atoms. The summed E-state index contributed by atoms with van der Waals surface area (Å²) in [4.78, 5) is 28.1. The summed E-state index contributed by atoms with van der Waals surface area (Å²) in [7, 11) is 0. The molecule has 7 heteroatoms. The maximum Gasteiger partial charge on any atom is 0.289 e. The molecular weight excluding hydrogens is 347 g/mol. The molecule has 0 N–H and O–H groups in total. The van der Waals surface area contributed by atoms with E-state index in [2.05, 4.69) is 0 Å². The first kappa shape index (κ1) is 17.5. The van der Waals surface area contributed by atoms with Crippen LogP contribution in [0.15, 0.2) is 34.7 Å². The van der Waals surface area contributed by atoms with E-state index in [1.54, 1.807) is 17.0 Å². The number of carbonyl (C=O) groups is 2. The van der Waals surface area contributed by atoms with Crippen LogP contribution >= 0.6 is 11.6 Å². The van der Waals surface area contributed by atoms with Gasteiger partial charge in [0.1, 0.15) is 11.6 Å². The molecule has 0 unspecified atom stereocenters. The molecule has 3 rings (SSSR count). The number of aryl methyl sites for hydroxylation is 1. The Hall–Kier alpha value is -2.34. The Balaban J connectivity index is 1.64. The highest BCUT2D eigenvalue weighted by Crippen LogP contribution is 2.18. The summed E-state index contributed by atoms with van der Waals surface area (Å²) in [5.74, 6) is -0.152. The second-order valence-corrected chi connectivity index (χ2v) is 6.26. The van der Waals surface area contributed by atoms with E-state index in [9.17, 15) is 14.0 Å². The predicted molar refractivity (Wildman–Crippen MR) is 91.3 cm³/mol. The van der Waals surface area contributed by atoms with E-state index in [-0.39, 0.29) is 11.5 Å². The SMILES string of the molecule is CCc1ccc(C(=O)N2CCN(C(=O)c3cc(Cl)ccc3F)CC2)o1. The van der Waals surface area contributed by atoms with E-state index in [4.69, 9.17) is 16.0 Å². The first-order chi connectivity index (χ1) is 12.0. The number of carbonyl (C=O) groups excluding carboxylic acids is 2. The molecule has 1 aliphatic rings. The molecule has 0 bridgehead atoms. The monoisotopic (exact) mass is 364 g/mol. The van der Waals surface area contributed by atoms with Crippen molar-refractivity contribution in [2.45, 2.75) is 13.3 Å². The largest absolute Gasteiger partial charge is 0.456 e. The zero-order chi connectivity index (χ0) is 18.0. The fourth-order valence-corrected chi connectivity index (χ4v) is 2.96. The van der Waals surface area contributed by atoms with Gasteiger partial charge in [-0.2, -0.15) is 0 Å². The van der Waals surface area contributed by atoms with Crippen LogP contribution in [-0.2, 0) is 6.42 Å². The number of nitrogens with zero attached hydrogens (tertiary/aromatic N) is 2. The number of amides is 2. The predicted octanol–water partition coefficient (Wildman–Crippen LogP) is 3.23. The van der Waals surface area contributed by atoms with Crippen molar-refractivity contribution in [2.24, 2.45) is 0 Å². The van der Waals surface area contributed by atoms with E-state index in [0.717, 1.165) is 12.2 Å². The topological polar surface area (TPSA) is 53.8 Å². The van der Waals surface area contributed by atoms with Gasteiger partial charge >= 0.3 is 0 Å². The first-order valence-corrected chi connectivity index (χ1v) is 8.49. The van der Waals surface area contributed by atoms with Crippen LogP contribution < -0.4 is 0 Å². The number of halogens is 2. The molecule has 0 radical (unpaired) electrons. The molecule has 2 aromatic rings. The molecular formula is C18H18ClFN2O3. The highest BCUT2D eigenvalue weighted by molar-refractivity contribution is 6.31. The van der Waals surface area contributed by atoms with Crippen molar-refractivity contribution in [2.75, 3.05) is 26.2 Å². The van der Waals surface area contributed by atoms with Crippen LogP contribution in [-0.4, -0.2) is 47.8 Å². The Kier molecular flexibility index (Phi) is 5.08. The maximum absolute atomic E-state index is 13.9. The van der Waals surface area contributed by atoms with Crippen LogP contribution in [0.25, 0.3) is 0 Å². The van der Waals surface area contributed by atoms with Crippen molar-refractivity contribution in [3.05, 3.63) is 58.3 Å². The zero-order valence-electron chi connectivity index (χ0n) is 13.8. The minimum atomic E-state index is -0.601. The molecule has 2 amide bonds. The van der Waals surface area contributed by atoms with Crippen molar-refractivity contribution < 1.29 is 18.4 Å². The van der Waals surface area contributed by atoms with E-state index in [1.165, 1.54) is 23.1 Å². The molecule has 2 heterocycles. The second kappa shape index (κ2) is 7.27. The minimum absolute atomic E-state index is 0.0501. The maximum atomic E-state index is 13.9. The molecule has 0 atom stereocenters. The molecule has 1 aliphatic heterocycles. The Morgan fingerprint density at radius 1 is 1.08 bits per heavy atom. The third-order valence-corrected chi connectivity index (χ3v) is 4.47. The molecule has 1 aromatic heterocycles. The quantitative estimate of drug-likeness (QED) is 0.840. The van der Waals surface area contributed by atoms with E-state index < -0.39 is 11.7 Å². The third-order valence-electron chi connectivity index (χ3n) is 4.23. The van der Waals surface area contributed by atoms with Gasteiger partial charge in [0, 0.05) is 37.6 Å². The number of furan rings is 1. The van der Waals surface area contributed by atoms with Gasteiger partial charge in [-0.25, -0.2) is 4.39 Å². The number of hydrogen-bond donors (Lipinski definition) is 0. The summed E-state index contributed by atoms with van der Waals surface area (Å²) in [6.07, 6.45) is 0.723. The number of rotatable bonds is 3. The lowest BCUT2D eigenvalue weighted by Gasteiger charge is -2.34. The molecule has 0 aliphatic carbocycles. The van der Waals surface area contributed by atoms with E-state index >= 15 is 0 Å². The molecule has 0 saturated carbocycles. The molecule has 1 aromatic carbocycles. The van der Waals surface area contributed by atoms with Crippen LogP contribution in [0.4, 0.5) is 4.39 Å². The normalized spacial score (nSPS) is 14.7. The van der Waals surface area contributed by atoms with Gasteiger partial charge in [0.15, 0.2) is 5.76 Å². The highest BCUT2D eigenvalue weighted by Gasteiger charge is 2.28. The molecule has 0 spiro atoms. The minimum Gasteiger partial charge on any atom is -0.456 e. The van der Waals surface area contributed by atoms with Gasteiger partial charge in [0.25, 0.3) is 11.8 Å². The lowest BCUT2D eigenvalue weighted by atomic mass is 10.1. The average molecular weight is 365 g/mol. The van der Waals surface area contributed by atoms with Gasteiger partial charge in [-0.3, -0.25) is 9.59 Å². The molecule has 1 fully saturated rings. The van der Waals surface area contributed by atoms with Gasteiger partial charge in [0.2, 0.25) is 0 Å². The summed E-state index contributed by atoms with van der Waals surface area (Å²) >= 11 is 5.85. The standard InChI is InChI=1S/C18H18ClFN2O3/c1-2-13-4-6-16(25-13)18(24)22-9-7-21(8-10-22)17(23)14-11-12(19)3-5-15(14)20/h3-6,11H,2,7-10H2,1H3. The fourth-order valence-electron chi connectivity index (χ4n) is 2.78. The van der Waals surface area contributed by atoms with Crippen molar-refractivity contribution in [1.82, 2.24) is 9.80 Å². The lowest BCUT2D eigenvalue weighted by Crippen LogP contribution is -2.50. The van der Waals surface area contributed by atoms with Gasteiger partial charge in [0.05, 0.1) is 5.56 Å². The Labute approximate surface area is 150 Å². The van der Waals surface area contributed by atoms with Gasteiger partial charge in [-0.05, 0) is 30.3 Å². The number of hydrogen-bond acceptors (Lipinski definition) is 3. The van der Waals surface area contributed by atoms with Crippen LogP contribution in [0.5, 0.6) is 0 Å². The second-order valence-electron chi connectivity index (χ2n) is 5.83. The number of piperazine rings is 1. The summed E-state index contributed by atoms with van der Waals surface area (Å²) in [5, 5.41) is 0.308. The smallest absolute Gasteiger partial charge is 0.289 e. The summed E-state index contributed by atoms with van der Waals surface area (Å²) in [6.45, 7) is 3.35. The Morgan fingerprint density at radius 2 is 1.72 bits per heavy atom.